The summed E-state index contributed by atoms with van der Waals surface area (Å²) in [7, 11) is 1.64. The van der Waals surface area contributed by atoms with E-state index in [4.69, 9.17) is 4.74 Å². The summed E-state index contributed by atoms with van der Waals surface area (Å²) in [6.07, 6.45) is 2.11. The molecule has 2 aliphatic rings. The van der Waals surface area contributed by atoms with Gasteiger partial charge in [0, 0.05) is 48.4 Å². The van der Waals surface area contributed by atoms with Gasteiger partial charge in [0.25, 0.3) is 0 Å². The van der Waals surface area contributed by atoms with Crippen LogP contribution in [0.4, 0.5) is 10.5 Å². The lowest BCUT2D eigenvalue weighted by Crippen LogP contribution is -2.43. The molecular formula is C30H31N3O2. The zero-order chi connectivity index (χ0) is 24.0. The Balaban J connectivity index is 1.26. The number of benzene rings is 3. The zero-order valence-electron chi connectivity index (χ0n) is 20.1. The van der Waals surface area contributed by atoms with Crippen molar-refractivity contribution in [1.82, 2.24) is 9.80 Å². The van der Waals surface area contributed by atoms with Gasteiger partial charge in [0.15, 0.2) is 0 Å². The molecule has 3 aromatic rings. The van der Waals surface area contributed by atoms with Gasteiger partial charge in [0.1, 0.15) is 5.75 Å². The smallest absolute Gasteiger partial charge is 0.321 e. The maximum absolute atomic E-state index is 13.1. The van der Waals surface area contributed by atoms with Crippen LogP contribution in [0.25, 0.3) is 0 Å². The standard InChI is InChI=1S/C30H31N3O2/c1-35-27-16-14-26(15-17-27)31-30(34)33-20-5-19-32-21-18-28(29(32)22-33)25-12-10-24(11-13-25)9-8-23-6-3-2-4-7-23/h2-4,6-7,10-17,28-29H,5,18-22H2,1H3,(H,31,34)/t28-,29+/m1/s1. The lowest BCUT2D eigenvalue weighted by atomic mass is 9.91. The highest BCUT2D eigenvalue weighted by atomic mass is 16.5. The molecule has 35 heavy (non-hydrogen) atoms. The van der Waals surface area contributed by atoms with E-state index in [-0.39, 0.29) is 6.03 Å². The van der Waals surface area contributed by atoms with Crippen LogP contribution in [0.15, 0.2) is 78.9 Å². The number of hydrogen-bond acceptors (Lipinski definition) is 3. The first kappa shape index (κ1) is 23.0. The lowest BCUT2D eigenvalue weighted by molar-refractivity contribution is 0.197. The molecule has 2 aliphatic heterocycles. The number of amides is 2. The number of ether oxygens (including phenoxy) is 1. The second-order valence-corrected chi connectivity index (χ2v) is 9.19. The number of carbonyl (C=O) groups is 1. The van der Waals surface area contributed by atoms with Crippen molar-refractivity contribution < 1.29 is 9.53 Å². The van der Waals surface area contributed by atoms with Gasteiger partial charge in [-0.25, -0.2) is 4.79 Å². The largest absolute Gasteiger partial charge is 0.497 e. The summed E-state index contributed by atoms with van der Waals surface area (Å²) in [5, 5.41) is 3.06. The number of anilines is 1. The molecule has 0 saturated carbocycles. The first-order valence-electron chi connectivity index (χ1n) is 12.3. The second kappa shape index (κ2) is 10.7. The minimum absolute atomic E-state index is 0.0331. The van der Waals surface area contributed by atoms with Gasteiger partial charge in [0.05, 0.1) is 7.11 Å². The average molecular weight is 466 g/mol. The Kier molecular flexibility index (Phi) is 7.02. The normalized spacial score (nSPS) is 19.7. The van der Waals surface area contributed by atoms with Gasteiger partial charge >= 0.3 is 6.03 Å². The summed E-state index contributed by atoms with van der Waals surface area (Å²) < 4.78 is 5.21. The van der Waals surface area contributed by atoms with Gasteiger partial charge in [-0.05, 0) is 73.5 Å². The first-order valence-corrected chi connectivity index (χ1v) is 12.3. The number of rotatable bonds is 3. The van der Waals surface area contributed by atoms with E-state index >= 15 is 0 Å². The van der Waals surface area contributed by atoms with Gasteiger partial charge < -0.3 is 15.0 Å². The third kappa shape index (κ3) is 5.50. The van der Waals surface area contributed by atoms with E-state index in [1.807, 2.05) is 59.5 Å². The molecule has 2 fully saturated rings. The fraction of sp³-hybridized carbons (Fsp3) is 0.300. The van der Waals surface area contributed by atoms with Crippen molar-refractivity contribution in [3.63, 3.8) is 0 Å². The Morgan fingerprint density at radius 3 is 2.31 bits per heavy atom. The predicted octanol–water partition coefficient (Wildman–Crippen LogP) is 5.19. The van der Waals surface area contributed by atoms with Gasteiger partial charge in [0.2, 0.25) is 0 Å². The number of fused-ring (bicyclic) bond motifs is 1. The van der Waals surface area contributed by atoms with Crippen molar-refractivity contribution in [3.8, 4) is 17.6 Å². The number of carbonyl (C=O) groups excluding carboxylic acids is 1. The summed E-state index contributed by atoms with van der Waals surface area (Å²) in [6, 6.07) is 26.5. The van der Waals surface area contributed by atoms with Gasteiger partial charge in [-0.3, -0.25) is 4.90 Å². The van der Waals surface area contributed by atoms with Crippen molar-refractivity contribution in [3.05, 3.63) is 95.6 Å². The van der Waals surface area contributed by atoms with Crippen LogP contribution in [-0.4, -0.2) is 55.2 Å². The van der Waals surface area contributed by atoms with Crippen LogP contribution in [0, 0.1) is 11.8 Å². The predicted molar refractivity (Wildman–Crippen MR) is 140 cm³/mol. The van der Waals surface area contributed by atoms with Crippen LogP contribution in [-0.2, 0) is 0 Å². The number of methoxy groups -OCH3 is 1. The van der Waals surface area contributed by atoms with Crippen molar-refractivity contribution in [2.75, 3.05) is 38.6 Å². The van der Waals surface area contributed by atoms with Crippen LogP contribution in [0.3, 0.4) is 0 Å². The van der Waals surface area contributed by atoms with Crippen LogP contribution >= 0.6 is 0 Å². The Morgan fingerprint density at radius 1 is 0.886 bits per heavy atom. The highest BCUT2D eigenvalue weighted by Gasteiger charge is 2.38. The van der Waals surface area contributed by atoms with E-state index in [1.165, 1.54) is 5.56 Å². The number of hydrogen-bond donors (Lipinski definition) is 1. The molecule has 0 unspecified atom stereocenters. The maximum atomic E-state index is 13.1. The maximum Gasteiger partial charge on any atom is 0.321 e. The van der Waals surface area contributed by atoms with E-state index in [0.717, 1.165) is 61.6 Å². The highest BCUT2D eigenvalue weighted by Crippen LogP contribution is 2.35. The van der Waals surface area contributed by atoms with E-state index in [0.29, 0.717) is 12.0 Å². The molecule has 1 N–H and O–H groups in total. The van der Waals surface area contributed by atoms with Crippen LogP contribution in [0.2, 0.25) is 0 Å². The quantitative estimate of drug-likeness (QED) is 0.542. The van der Waals surface area contributed by atoms with Crippen LogP contribution in [0.5, 0.6) is 5.75 Å². The molecule has 0 aromatic heterocycles. The fourth-order valence-corrected chi connectivity index (χ4v) is 5.15. The molecule has 3 aromatic carbocycles. The first-order chi connectivity index (χ1) is 17.2. The lowest BCUT2D eigenvalue weighted by Gasteiger charge is -2.30. The van der Waals surface area contributed by atoms with Crippen molar-refractivity contribution in [1.29, 1.82) is 0 Å². The van der Waals surface area contributed by atoms with E-state index in [1.54, 1.807) is 7.11 Å². The number of urea groups is 1. The summed E-state index contributed by atoms with van der Waals surface area (Å²) >= 11 is 0. The molecule has 5 rings (SSSR count). The Bertz CT molecular complexity index is 1200. The second-order valence-electron chi connectivity index (χ2n) is 9.19. The molecule has 0 bridgehead atoms. The Labute approximate surface area is 207 Å². The average Bonchev–Trinajstić information content (AvgIpc) is 3.18. The van der Waals surface area contributed by atoms with Crippen molar-refractivity contribution >= 4 is 11.7 Å². The molecule has 2 saturated heterocycles. The molecule has 178 valence electrons. The van der Waals surface area contributed by atoms with Crippen LogP contribution in [0.1, 0.15) is 35.4 Å². The minimum atomic E-state index is -0.0331. The molecular weight excluding hydrogens is 434 g/mol. The molecule has 0 aliphatic carbocycles. The summed E-state index contributed by atoms with van der Waals surface area (Å²) in [6.45, 7) is 3.63. The Morgan fingerprint density at radius 2 is 1.60 bits per heavy atom. The molecule has 5 heteroatoms. The van der Waals surface area contributed by atoms with E-state index < -0.39 is 0 Å². The highest BCUT2D eigenvalue weighted by molar-refractivity contribution is 5.89. The summed E-state index contributed by atoms with van der Waals surface area (Å²) in [5.41, 5.74) is 4.16. The third-order valence-electron chi connectivity index (χ3n) is 7.03. The molecule has 2 heterocycles. The van der Waals surface area contributed by atoms with Gasteiger partial charge in [-0.2, -0.15) is 0 Å². The number of nitrogens with zero attached hydrogens (tertiary/aromatic N) is 2. The molecule has 2 atom stereocenters. The van der Waals surface area contributed by atoms with Crippen molar-refractivity contribution in [2.45, 2.75) is 24.8 Å². The minimum Gasteiger partial charge on any atom is -0.497 e. The molecule has 0 spiro atoms. The van der Waals surface area contributed by atoms with Crippen LogP contribution < -0.4 is 10.1 Å². The van der Waals surface area contributed by atoms with E-state index in [2.05, 4.69) is 46.3 Å². The van der Waals surface area contributed by atoms with Gasteiger partial charge in [-0.1, -0.05) is 42.2 Å². The van der Waals surface area contributed by atoms with Crippen molar-refractivity contribution in [2.24, 2.45) is 0 Å². The SMILES string of the molecule is COc1ccc(NC(=O)N2CCCN3CC[C@H](c4ccc(C#Cc5ccccc5)cc4)[C@@H]3C2)cc1. The fourth-order valence-electron chi connectivity index (χ4n) is 5.15. The van der Waals surface area contributed by atoms with E-state index in [9.17, 15) is 4.79 Å². The topological polar surface area (TPSA) is 44.8 Å². The summed E-state index contributed by atoms with van der Waals surface area (Å²) in [5.74, 6) is 7.69. The Hall–Kier alpha value is -3.75. The van der Waals surface area contributed by atoms with Gasteiger partial charge in [-0.15, -0.1) is 0 Å². The molecule has 5 nitrogen and oxygen atoms in total. The molecule has 2 amide bonds. The summed E-state index contributed by atoms with van der Waals surface area (Å²) in [4.78, 5) is 17.6. The zero-order valence-corrected chi connectivity index (χ0v) is 20.1. The third-order valence-corrected chi connectivity index (χ3v) is 7.03. The molecule has 0 radical (unpaired) electrons. The monoisotopic (exact) mass is 465 g/mol. The number of nitrogens with one attached hydrogen (secondary N) is 1.